The van der Waals surface area contributed by atoms with E-state index < -0.39 is 12.1 Å². The number of fused-ring (bicyclic) bond motifs is 1. The number of esters is 1. The van der Waals surface area contributed by atoms with E-state index in [1.165, 1.54) is 12.1 Å². The molecule has 8 heteroatoms. The lowest BCUT2D eigenvalue weighted by Crippen LogP contribution is -2.46. The van der Waals surface area contributed by atoms with Crippen LogP contribution in [0.25, 0.3) is 5.69 Å². The van der Waals surface area contributed by atoms with E-state index in [0.29, 0.717) is 32.0 Å². The molecule has 1 aliphatic heterocycles. The maximum atomic E-state index is 13.2. The number of nitrogens with zero attached hydrogens (tertiary/aromatic N) is 3. The quantitative estimate of drug-likeness (QED) is 0.750. The summed E-state index contributed by atoms with van der Waals surface area (Å²) in [4.78, 5) is 26.9. The minimum absolute atomic E-state index is 0.230. The van der Waals surface area contributed by atoms with Crippen molar-refractivity contribution in [2.45, 2.75) is 32.3 Å². The molecule has 0 saturated carbocycles. The number of rotatable bonds is 4. The summed E-state index contributed by atoms with van der Waals surface area (Å²) in [6.07, 6.45) is 1.54. The van der Waals surface area contributed by atoms with Crippen molar-refractivity contribution in [2.24, 2.45) is 0 Å². The highest BCUT2D eigenvalue weighted by Gasteiger charge is 2.31. The summed E-state index contributed by atoms with van der Waals surface area (Å²) < 4.78 is 25.6. The lowest BCUT2D eigenvalue weighted by molar-refractivity contribution is -0.143. The van der Waals surface area contributed by atoms with Crippen molar-refractivity contribution in [2.75, 3.05) is 26.3 Å². The van der Waals surface area contributed by atoms with E-state index in [2.05, 4.69) is 5.10 Å². The normalized spacial score (nSPS) is 17.3. The molecule has 1 unspecified atom stereocenters. The van der Waals surface area contributed by atoms with E-state index in [4.69, 9.17) is 9.47 Å². The Kier molecular flexibility index (Phi) is 5.13. The van der Waals surface area contributed by atoms with Gasteiger partial charge in [0.15, 0.2) is 11.8 Å². The van der Waals surface area contributed by atoms with Crippen LogP contribution in [0, 0.1) is 5.82 Å². The van der Waals surface area contributed by atoms with E-state index in [9.17, 15) is 14.0 Å². The number of ether oxygens (including phenoxy) is 2. The first kappa shape index (κ1) is 18.6. The second-order valence-electron chi connectivity index (χ2n) is 7.00. The summed E-state index contributed by atoms with van der Waals surface area (Å²) in [7, 11) is 0. The minimum Gasteiger partial charge on any atom is -0.448 e. The second-order valence-corrected chi connectivity index (χ2v) is 7.00. The van der Waals surface area contributed by atoms with Gasteiger partial charge in [0.25, 0.3) is 5.91 Å². The smallest absolute Gasteiger partial charge is 0.359 e. The number of morpholine rings is 1. The Morgan fingerprint density at radius 3 is 2.61 bits per heavy atom. The van der Waals surface area contributed by atoms with Gasteiger partial charge in [-0.1, -0.05) is 0 Å². The molecule has 1 amide bonds. The summed E-state index contributed by atoms with van der Waals surface area (Å²) in [6, 6.07) is 5.97. The van der Waals surface area contributed by atoms with Gasteiger partial charge in [0.1, 0.15) is 5.82 Å². The van der Waals surface area contributed by atoms with Crippen LogP contribution in [0.15, 0.2) is 24.3 Å². The predicted octanol–water partition coefficient (Wildman–Crippen LogP) is 1.90. The zero-order valence-corrected chi connectivity index (χ0v) is 15.7. The van der Waals surface area contributed by atoms with Crippen LogP contribution in [-0.2, 0) is 27.1 Å². The summed E-state index contributed by atoms with van der Waals surface area (Å²) in [5.41, 5.74) is 2.71. The molecular weight excluding hydrogens is 365 g/mol. The average molecular weight is 387 g/mol. The van der Waals surface area contributed by atoms with Crippen LogP contribution in [0.4, 0.5) is 4.39 Å². The largest absolute Gasteiger partial charge is 0.448 e. The molecule has 0 N–H and O–H groups in total. The standard InChI is InChI=1S/C20H22FN3O4/c1-13(19(25)23-9-11-27-12-10-23)28-20(26)18-16-3-2-4-17(16)24(22-18)15-7-5-14(21)6-8-15/h5-8,13H,2-4,9-12H2,1H3. The van der Waals surface area contributed by atoms with Gasteiger partial charge in [0, 0.05) is 24.3 Å². The van der Waals surface area contributed by atoms with Gasteiger partial charge in [-0.3, -0.25) is 4.79 Å². The number of halogens is 1. The molecule has 1 fully saturated rings. The Bertz CT molecular complexity index is 888. The molecule has 1 aromatic carbocycles. The summed E-state index contributed by atoms with van der Waals surface area (Å²) in [6.45, 7) is 3.54. The van der Waals surface area contributed by atoms with Crippen molar-refractivity contribution >= 4 is 11.9 Å². The molecule has 1 aliphatic carbocycles. The van der Waals surface area contributed by atoms with Gasteiger partial charge in [0.05, 0.1) is 18.9 Å². The molecule has 2 aromatic rings. The van der Waals surface area contributed by atoms with Crippen molar-refractivity contribution in [1.29, 1.82) is 0 Å². The Balaban J connectivity index is 1.54. The van der Waals surface area contributed by atoms with Crippen LogP contribution < -0.4 is 0 Å². The fourth-order valence-electron chi connectivity index (χ4n) is 3.70. The molecule has 0 bridgehead atoms. The zero-order valence-electron chi connectivity index (χ0n) is 15.7. The van der Waals surface area contributed by atoms with Crippen molar-refractivity contribution in [3.8, 4) is 5.69 Å². The van der Waals surface area contributed by atoms with Crippen LogP contribution in [0.1, 0.15) is 35.1 Å². The van der Waals surface area contributed by atoms with Gasteiger partial charge in [-0.2, -0.15) is 5.10 Å². The third kappa shape index (κ3) is 3.52. The lowest BCUT2D eigenvalue weighted by Gasteiger charge is -2.28. The highest BCUT2D eigenvalue weighted by molar-refractivity contribution is 5.92. The number of hydrogen-bond donors (Lipinski definition) is 0. The number of carbonyl (C=O) groups excluding carboxylic acids is 2. The first-order valence-electron chi connectivity index (χ1n) is 9.49. The van der Waals surface area contributed by atoms with Gasteiger partial charge in [-0.15, -0.1) is 0 Å². The molecule has 0 radical (unpaired) electrons. The first-order valence-corrected chi connectivity index (χ1v) is 9.49. The third-order valence-corrected chi connectivity index (χ3v) is 5.15. The number of carbonyl (C=O) groups is 2. The van der Waals surface area contributed by atoms with Gasteiger partial charge >= 0.3 is 5.97 Å². The molecule has 2 aliphatic rings. The molecule has 1 atom stereocenters. The van der Waals surface area contributed by atoms with Crippen LogP contribution in [-0.4, -0.2) is 59.0 Å². The average Bonchev–Trinajstić information content (AvgIpc) is 3.31. The lowest BCUT2D eigenvalue weighted by atomic mass is 10.2. The van der Waals surface area contributed by atoms with Crippen molar-refractivity contribution in [3.05, 3.63) is 47.0 Å². The van der Waals surface area contributed by atoms with E-state index in [0.717, 1.165) is 30.5 Å². The minimum atomic E-state index is -0.890. The molecule has 0 spiro atoms. The summed E-state index contributed by atoms with van der Waals surface area (Å²) in [5.74, 6) is -1.16. The SMILES string of the molecule is CC(OC(=O)c1nn(-c2ccc(F)cc2)c2c1CCC2)C(=O)N1CCOCC1. The molecule has 4 rings (SSSR count). The van der Waals surface area contributed by atoms with Crippen molar-refractivity contribution < 1.29 is 23.5 Å². The highest BCUT2D eigenvalue weighted by Crippen LogP contribution is 2.28. The van der Waals surface area contributed by atoms with Gasteiger partial charge < -0.3 is 14.4 Å². The van der Waals surface area contributed by atoms with E-state index in [-0.39, 0.29) is 17.4 Å². The van der Waals surface area contributed by atoms with Gasteiger partial charge in [0.2, 0.25) is 0 Å². The van der Waals surface area contributed by atoms with Crippen molar-refractivity contribution in [1.82, 2.24) is 14.7 Å². The Morgan fingerprint density at radius 2 is 1.89 bits per heavy atom. The molecule has 1 aromatic heterocycles. The molecule has 148 valence electrons. The maximum absolute atomic E-state index is 13.2. The van der Waals surface area contributed by atoms with E-state index >= 15 is 0 Å². The molecule has 7 nitrogen and oxygen atoms in total. The van der Waals surface area contributed by atoms with Crippen LogP contribution in [0.2, 0.25) is 0 Å². The molecule has 28 heavy (non-hydrogen) atoms. The van der Waals surface area contributed by atoms with Gasteiger partial charge in [-0.05, 0) is 50.5 Å². The van der Waals surface area contributed by atoms with Gasteiger partial charge in [-0.25, -0.2) is 13.9 Å². The van der Waals surface area contributed by atoms with Crippen LogP contribution in [0.3, 0.4) is 0 Å². The van der Waals surface area contributed by atoms with Crippen LogP contribution >= 0.6 is 0 Å². The monoisotopic (exact) mass is 387 g/mol. The van der Waals surface area contributed by atoms with E-state index in [1.54, 1.807) is 28.6 Å². The summed E-state index contributed by atoms with van der Waals surface area (Å²) >= 11 is 0. The fraction of sp³-hybridized carbons (Fsp3) is 0.450. The predicted molar refractivity (Wildman–Crippen MR) is 97.8 cm³/mol. The topological polar surface area (TPSA) is 73.7 Å². The zero-order chi connectivity index (χ0) is 19.7. The van der Waals surface area contributed by atoms with Crippen molar-refractivity contribution in [3.63, 3.8) is 0 Å². The first-order chi connectivity index (χ1) is 13.5. The third-order valence-electron chi connectivity index (χ3n) is 5.15. The van der Waals surface area contributed by atoms with E-state index in [1.807, 2.05) is 0 Å². The summed E-state index contributed by atoms with van der Waals surface area (Å²) in [5, 5.41) is 4.43. The fourth-order valence-corrected chi connectivity index (χ4v) is 3.70. The Labute approximate surface area is 162 Å². The Morgan fingerprint density at radius 1 is 1.18 bits per heavy atom. The maximum Gasteiger partial charge on any atom is 0.359 e. The Hall–Kier alpha value is -2.74. The number of hydrogen-bond acceptors (Lipinski definition) is 5. The van der Waals surface area contributed by atoms with Crippen LogP contribution in [0.5, 0.6) is 0 Å². The number of aromatic nitrogens is 2. The second kappa shape index (κ2) is 7.71. The number of amides is 1. The molecule has 2 heterocycles. The highest BCUT2D eigenvalue weighted by atomic mass is 19.1. The molecule has 1 saturated heterocycles. The molecular formula is C20H22FN3O4. The number of benzene rings is 1.